The van der Waals surface area contributed by atoms with Gasteiger partial charge in [-0.15, -0.1) is 0 Å². The number of hydrogen-bond acceptors (Lipinski definition) is 2. The van der Waals surface area contributed by atoms with Crippen LogP contribution in [0.15, 0.2) is 12.1 Å². The molecule has 0 saturated heterocycles. The SMILES string of the molecule is Cc1cc(CNC(=O)[C@H](N)C(C)C)cc(C)c1F. The molecule has 4 heteroatoms. The Morgan fingerprint density at radius 2 is 1.83 bits per heavy atom. The smallest absolute Gasteiger partial charge is 0.237 e. The van der Waals surface area contributed by atoms with Crippen LogP contribution in [0.5, 0.6) is 0 Å². The molecule has 0 aromatic heterocycles. The van der Waals surface area contributed by atoms with E-state index in [2.05, 4.69) is 5.32 Å². The third-order valence-corrected chi connectivity index (χ3v) is 2.98. The first-order valence-electron chi connectivity index (χ1n) is 6.11. The minimum absolute atomic E-state index is 0.0988. The molecule has 1 aromatic rings. The normalized spacial score (nSPS) is 12.6. The first-order chi connectivity index (χ1) is 8.32. The molecule has 18 heavy (non-hydrogen) atoms. The van der Waals surface area contributed by atoms with Crippen LogP contribution in [0.2, 0.25) is 0 Å². The van der Waals surface area contributed by atoms with E-state index in [1.807, 2.05) is 13.8 Å². The Morgan fingerprint density at radius 1 is 1.33 bits per heavy atom. The molecule has 3 nitrogen and oxygen atoms in total. The number of amides is 1. The average Bonchev–Trinajstić information content (AvgIpc) is 2.31. The molecule has 0 heterocycles. The fourth-order valence-electron chi connectivity index (χ4n) is 1.75. The van der Waals surface area contributed by atoms with Gasteiger partial charge < -0.3 is 11.1 Å². The minimum atomic E-state index is -0.507. The number of rotatable bonds is 4. The van der Waals surface area contributed by atoms with Crippen LogP contribution in [0.3, 0.4) is 0 Å². The highest BCUT2D eigenvalue weighted by Crippen LogP contribution is 2.14. The highest BCUT2D eigenvalue weighted by Gasteiger charge is 2.16. The summed E-state index contributed by atoms with van der Waals surface area (Å²) in [6.07, 6.45) is 0. The topological polar surface area (TPSA) is 55.1 Å². The summed E-state index contributed by atoms with van der Waals surface area (Å²) < 4.78 is 13.4. The zero-order chi connectivity index (χ0) is 13.9. The Kier molecular flexibility index (Phi) is 4.84. The second-order valence-electron chi connectivity index (χ2n) is 5.03. The van der Waals surface area contributed by atoms with E-state index in [0.29, 0.717) is 17.7 Å². The second-order valence-corrected chi connectivity index (χ2v) is 5.03. The molecular formula is C14H21FN2O. The number of aryl methyl sites for hydroxylation is 2. The Morgan fingerprint density at radius 3 is 2.28 bits per heavy atom. The van der Waals surface area contributed by atoms with E-state index >= 15 is 0 Å². The quantitative estimate of drug-likeness (QED) is 0.861. The first-order valence-corrected chi connectivity index (χ1v) is 6.11. The van der Waals surface area contributed by atoms with Gasteiger partial charge in [0.2, 0.25) is 5.91 Å². The summed E-state index contributed by atoms with van der Waals surface area (Å²) in [7, 11) is 0. The Hall–Kier alpha value is -1.42. The summed E-state index contributed by atoms with van der Waals surface area (Å²) in [5, 5.41) is 2.77. The molecule has 0 saturated carbocycles. The maximum atomic E-state index is 13.4. The van der Waals surface area contributed by atoms with Crippen molar-refractivity contribution in [1.82, 2.24) is 5.32 Å². The van der Waals surface area contributed by atoms with Crippen LogP contribution >= 0.6 is 0 Å². The molecule has 0 fully saturated rings. The summed E-state index contributed by atoms with van der Waals surface area (Å²) in [5.41, 5.74) is 7.80. The molecule has 0 spiro atoms. The van der Waals surface area contributed by atoms with Gasteiger partial charge in [0.25, 0.3) is 0 Å². The monoisotopic (exact) mass is 252 g/mol. The number of carbonyl (C=O) groups is 1. The first kappa shape index (κ1) is 14.6. The molecule has 0 aliphatic heterocycles. The van der Waals surface area contributed by atoms with Gasteiger partial charge in [0.15, 0.2) is 0 Å². The van der Waals surface area contributed by atoms with E-state index < -0.39 is 6.04 Å². The standard InChI is InChI=1S/C14H21FN2O/c1-8(2)13(16)14(18)17-7-11-5-9(3)12(15)10(4)6-11/h5-6,8,13H,7,16H2,1-4H3,(H,17,18)/t13-/m1/s1. The van der Waals surface area contributed by atoms with E-state index in [-0.39, 0.29) is 17.6 Å². The number of halogens is 1. The average molecular weight is 252 g/mol. The van der Waals surface area contributed by atoms with Crippen molar-refractivity contribution in [1.29, 1.82) is 0 Å². The predicted octanol–water partition coefficient (Wildman–Crippen LogP) is 2.04. The molecule has 1 aromatic carbocycles. The van der Waals surface area contributed by atoms with Crippen molar-refractivity contribution in [3.05, 3.63) is 34.6 Å². The van der Waals surface area contributed by atoms with Crippen molar-refractivity contribution in [3.8, 4) is 0 Å². The third kappa shape index (κ3) is 3.53. The minimum Gasteiger partial charge on any atom is -0.351 e. The van der Waals surface area contributed by atoms with Gasteiger partial charge in [-0.2, -0.15) is 0 Å². The predicted molar refractivity (Wildman–Crippen MR) is 70.5 cm³/mol. The second kappa shape index (κ2) is 5.96. The van der Waals surface area contributed by atoms with Gasteiger partial charge in [-0.25, -0.2) is 4.39 Å². The summed E-state index contributed by atoms with van der Waals surface area (Å²) >= 11 is 0. The zero-order valence-electron chi connectivity index (χ0n) is 11.4. The maximum absolute atomic E-state index is 13.4. The summed E-state index contributed by atoms with van der Waals surface area (Å²) in [4.78, 5) is 11.7. The molecule has 0 radical (unpaired) electrons. The number of benzene rings is 1. The fourth-order valence-corrected chi connectivity index (χ4v) is 1.75. The summed E-state index contributed by atoms with van der Waals surface area (Å²) in [5.74, 6) is -0.268. The highest BCUT2D eigenvalue weighted by molar-refractivity contribution is 5.81. The Labute approximate surface area is 108 Å². The Bertz CT molecular complexity index is 420. The van der Waals surface area contributed by atoms with Crippen molar-refractivity contribution < 1.29 is 9.18 Å². The molecule has 0 aliphatic carbocycles. The van der Waals surface area contributed by atoms with Crippen LogP contribution in [0.4, 0.5) is 4.39 Å². The lowest BCUT2D eigenvalue weighted by Crippen LogP contribution is -2.43. The number of nitrogens with one attached hydrogen (secondary N) is 1. The van der Waals surface area contributed by atoms with Crippen molar-refractivity contribution in [2.75, 3.05) is 0 Å². The molecular weight excluding hydrogens is 231 g/mol. The van der Waals surface area contributed by atoms with Gasteiger partial charge in [-0.1, -0.05) is 26.0 Å². The van der Waals surface area contributed by atoms with Gasteiger partial charge in [-0.3, -0.25) is 4.79 Å². The maximum Gasteiger partial charge on any atom is 0.237 e. The van der Waals surface area contributed by atoms with E-state index in [1.165, 1.54) is 0 Å². The van der Waals surface area contributed by atoms with Gasteiger partial charge in [0.1, 0.15) is 5.82 Å². The summed E-state index contributed by atoms with van der Waals surface area (Å²) in [6.45, 7) is 7.61. The molecule has 0 unspecified atom stereocenters. The van der Waals surface area contributed by atoms with Crippen LogP contribution in [0.1, 0.15) is 30.5 Å². The van der Waals surface area contributed by atoms with Crippen LogP contribution in [0, 0.1) is 25.6 Å². The van der Waals surface area contributed by atoms with Crippen molar-refractivity contribution in [2.24, 2.45) is 11.7 Å². The number of nitrogens with two attached hydrogens (primary N) is 1. The van der Waals surface area contributed by atoms with Crippen LogP contribution in [0.25, 0.3) is 0 Å². The van der Waals surface area contributed by atoms with Crippen molar-refractivity contribution in [3.63, 3.8) is 0 Å². The number of hydrogen-bond donors (Lipinski definition) is 2. The van der Waals surface area contributed by atoms with Crippen molar-refractivity contribution in [2.45, 2.75) is 40.3 Å². The number of carbonyl (C=O) groups excluding carboxylic acids is 1. The summed E-state index contributed by atoms with van der Waals surface area (Å²) in [6, 6.07) is 2.97. The van der Waals surface area contributed by atoms with Crippen LogP contribution in [-0.4, -0.2) is 11.9 Å². The van der Waals surface area contributed by atoms with E-state index in [4.69, 9.17) is 5.73 Å². The van der Waals surface area contributed by atoms with Crippen LogP contribution in [-0.2, 0) is 11.3 Å². The van der Waals surface area contributed by atoms with Gasteiger partial charge in [0.05, 0.1) is 6.04 Å². The lowest BCUT2D eigenvalue weighted by Gasteiger charge is -2.15. The van der Waals surface area contributed by atoms with E-state index in [9.17, 15) is 9.18 Å². The molecule has 0 bridgehead atoms. The molecule has 100 valence electrons. The third-order valence-electron chi connectivity index (χ3n) is 2.98. The highest BCUT2D eigenvalue weighted by atomic mass is 19.1. The zero-order valence-corrected chi connectivity index (χ0v) is 11.4. The van der Waals surface area contributed by atoms with Gasteiger partial charge in [0, 0.05) is 6.54 Å². The van der Waals surface area contributed by atoms with Gasteiger partial charge >= 0.3 is 0 Å². The van der Waals surface area contributed by atoms with Gasteiger partial charge in [-0.05, 0) is 36.5 Å². The lowest BCUT2D eigenvalue weighted by atomic mass is 10.0. The fraction of sp³-hybridized carbons (Fsp3) is 0.500. The molecule has 1 amide bonds. The van der Waals surface area contributed by atoms with E-state index in [0.717, 1.165) is 5.56 Å². The molecule has 3 N–H and O–H groups in total. The van der Waals surface area contributed by atoms with Crippen LogP contribution < -0.4 is 11.1 Å². The molecule has 1 atom stereocenters. The van der Waals surface area contributed by atoms with E-state index in [1.54, 1.807) is 26.0 Å². The molecule has 0 aliphatic rings. The molecule has 1 rings (SSSR count). The Balaban J connectivity index is 2.67. The lowest BCUT2D eigenvalue weighted by molar-refractivity contribution is -0.123. The largest absolute Gasteiger partial charge is 0.351 e. The van der Waals surface area contributed by atoms with Crippen molar-refractivity contribution >= 4 is 5.91 Å².